The van der Waals surface area contributed by atoms with Crippen molar-refractivity contribution in [3.8, 4) is 5.75 Å². The summed E-state index contributed by atoms with van der Waals surface area (Å²) in [6.45, 7) is 8.03. The zero-order valence-corrected chi connectivity index (χ0v) is 16.9. The van der Waals surface area contributed by atoms with E-state index in [-0.39, 0.29) is 5.91 Å². The van der Waals surface area contributed by atoms with Crippen LogP contribution >= 0.6 is 0 Å². The number of hydrogen-bond donors (Lipinski definition) is 1. The first-order valence-corrected chi connectivity index (χ1v) is 10.0. The van der Waals surface area contributed by atoms with Crippen LogP contribution in [-0.2, 0) is 6.42 Å². The molecule has 0 atom stereocenters. The van der Waals surface area contributed by atoms with Crippen LogP contribution in [-0.4, -0.2) is 62.2 Å². The predicted octanol–water partition coefficient (Wildman–Crippen LogP) is 2.59. The Bertz CT molecular complexity index is 738. The molecule has 1 aliphatic rings. The van der Waals surface area contributed by atoms with Crippen LogP contribution in [0.2, 0.25) is 0 Å². The van der Waals surface area contributed by atoms with Gasteiger partial charge in [-0.25, -0.2) is 4.98 Å². The lowest BCUT2D eigenvalue weighted by Crippen LogP contribution is -2.46. The van der Waals surface area contributed by atoms with Gasteiger partial charge in [0.2, 0.25) is 0 Å². The molecule has 0 aliphatic carbocycles. The molecule has 6 nitrogen and oxygen atoms in total. The molecule has 1 amide bonds. The number of carbonyl (C=O) groups excluding carboxylic acids is 1. The smallest absolute Gasteiger partial charge is 0.252 e. The molecule has 3 rings (SSSR count). The highest BCUT2D eigenvalue weighted by Gasteiger charge is 2.17. The molecule has 1 aromatic carbocycles. The maximum absolute atomic E-state index is 12.3. The predicted molar refractivity (Wildman–Crippen MR) is 112 cm³/mol. The summed E-state index contributed by atoms with van der Waals surface area (Å²) in [6, 6.07) is 11.9. The minimum Gasteiger partial charge on any atom is -0.497 e. The summed E-state index contributed by atoms with van der Waals surface area (Å²) < 4.78 is 5.16. The standard InChI is InChI=1S/C22H30N4O2/c1-3-25-13-15-26(16-14-25)21-11-8-19(17-24-21)22(27)23-12-4-5-18-6-9-20(28-2)10-7-18/h6-11,17H,3-5,12-16H2,1-2H3,(H,23,27). The number of rotatable bonds is 8. The largest absolute Gasteiger partial charge is 0.497 e. The number of nitrogens with one attached hydrogen (secondary N) is 1. The first-order valence-electron chi connectivity index (χ1n) is 10.0. The van der Waals surface area contributed by atoms with E-state index in [1.165, 1.54) is 5.56 Å². The number of pyridine rings is 1. The molecule has 1 saturated heterocycles. The van der Waals surface area contributed by atoms with Gasteiger partial charge in [-0.05, 0) is 49.2 Å². The Kier molecular flexibility index (Phi) is 7.25. The molecule has 1 N–H and O–H groups in total. The van der Waals surface area contributed by atoms with E-state index in [0.29, 0.717) is 12.1 Å². The van der Waals surface area contributed by atoms with Crippen LogP contribution in [0.4, 0.5) is 5.82 Å². The summed E-state index contributed by atoms with van der Waals surface area (Å²) in [5.74, 6) is 1.75. The molecule has 1 aliphatic heterocycles. The molecule has 2 heterocycles. The Hall–Kier alpha value is -2.60. The van der Waals surface area contributed by atoms with Gasteiger partial charge in [-0.3, -0.25) is 4.79 Å². The number of aryl methyl sites for hydroxylation is 1. The van der Waals surface area contributed by atoms with E-state index >= 15 is 0 Å². The number of methoxy groups -OCH3 is 1. The summed E-state index contributed by atoms with van der Waals surface area (Å²) in [7, 11) is 1.67. The van der Waals surface area contributed by atoms with Gasteiger partial charge in [0.1, 0.15) is 11.6 Å². The first-order chi connectivity index (χ1) is 13.7. The Morgan fingerprint density at radius 1 is 1.11 bits per heavy atom. The van der Waals surface area contributed by atoms with Crippen molar-refractivity contribution in [3.63, 3.8) is 0 Å². The zero-order valence-electron chi connectivity index (χ0n) is 16.9. The van der Waals surface area contributed by atoms with E-state index in [1.807, 2.05) is 24.3 Å². The third kappa shape index (κ3) is 5.45. The van der Waals surface area contributed by atoms with Crippen molar-refractivity contribution in [1.82, 2.24) is 15.2 Å². The third-order valence-corrected chi connectivity index (χ3v) is 5.24. The quantitative estimate of drug-likeness (QED) is 0.711. The lowest BCUT2D eigenvalue weighted by Gasteiger charge is -2.34. The van der Waals surface area contributed by atoms with Crippen molar-refractivity contribution < 1.29 is 9.53 Å². The number of benzene rings is 1. The monoisotopic (exact) mass is 382 g/mol. The number of likely N-dealkylation sites (N-methyl/N-ethyl adjacent to an activating group) is 1. The van der Waals surface area contributed by atoms with Crippen molar-refractivity contribution in [1.29, 1.82) is 0 Å². The molecule has 6 heteroatoms. The van der Waals surface area contributed by atoms with Crippen LogP contribution in [0.25, 0.3) is 0 Å². The van der Waals surface area contributed by atoms with Crippen molar-refractivity contribution in [2.45, 2.75) is 19.8 Å². The fourth-order valence-electron chi connectivity index (χ4n) is 3.39. The molecular weight excluding hydrogens is 352 g/mol. The van der Waals surface area contributed by atoms with Crippen LogP contribution < -0.4 is 15.0 Å². The van der Waals surface area contributed by atoms with Gasteiger partial charge in [-0.1, -0.05) is 19.1 Å². The summed E-state index contributed by atoms with van der Waals surface area (Å²) >= 11 is 0. The molecule has 2 aromatic rings. The normalized spacial score (nSPS) is 14.7. The number of carbonyl (C=O) groups is 1. The van der Waals surface area contributed by atoms with Gasteiger partial charge in [-0.15, -0.1) is 0 Å². The minimum atomic E-state index is -0.0652. The molecular formula is C22H30N4O2. The fourth-order valence-corrected chi connectivity index (χ4v) is 3.39. The average molecular weight is 383 g/mol. The number of amides is 1. The van der Waals surface area contributed by atoms with Crippen LogP contribution in [0.3, 0.4) is 0 Å². The van der Waals surface area contributed by atoms with Gasteiger partial charge >= 0.3 is 0 Å². The third-order valence-electron chi connectivity index (χ3n) is 5.24. The minimum absolute atomic E-state index is 0.0652. The van der Waals surface area contributed by atoms with Gasteiger partial charge in [0.25, 0.3) is 5.91 Å². The number of nitrogens with zero attached hydrogens (tertiary/aromatic N) is 3. The Balaban J connectivity index is 1.41. The van der Waals surface area contributed by atoms with Crippen molar-refractivity contribution in [3.05, 3.63) is 53.7 Å². The summed E-state index contributed by atoms with van der Waals surface area (Å²) in [5, 5.41) is 2.98. The van der Waals surface area contributed by atoms with Crippen molar-refractivity contribution in [2.75, 3.05) is 51.3 Å². The Morgan fingerprint density at radius 2 is 1.86 bits per heavy atom. The van der Waals surface area contributed by atoms with E-state index in [9.17, 15) is 4.79 Å². The summed E-state index contributed by atoms with van der Waals surface area (Å²) in [6.07, 6.45) is 3.50. The Labute approximate surface area is 167 Å². The maximum atomic E-state index is 12.3. The molecule has 0 spiro atoms. The molecule has 1 aromatic heterocycles. The molecule has 0 bridgehead atoms. The van der Waals surface area contributed by atoms with Gasteiger partial charge in [0.15, 0.2) is 0 Å². The van der Waals surface area contributed by atoms with Crippen LogP contribution in [0.1, 0.15) is 29.3 Å². The number of ether oxygens (including phenoxy) is 1. The zero-order chi connectivity index (χ0) is 19.8. The van der Waals surface area contributed by atoms with E-state index < -0.39 is 0 Å². The number of hydrogen-bond acceptors (Lipinski definition) is 5. The Morgan fingerprint density at radius 3 is 2.46 bits per heavy atom. The van der Waals surface area contributed by atoms with Crippen LogP contribution in [0.15, 0.2) is 42.6 Å². The molecule has 0 saturated carbocycles. The topological polar surface area (TPSA) is 57.7 Å². The molecule has 1 fully saturated rings. The van der Waals surface area contributed by atoms with Gasteiger partial charge in [-0.2, -0.15) is 0 Å². The van der Waals surface area contributed by atoms with E-state index in [0.717, 1.165) is 57.1 Å². The fraction of sp³-hybridized carbons (Fsp3) is 0.455. The van der Waals surface area contributed by atoms with Crippen LogP contribution in [0, 0.1) is 0 Å². The number of piperazine rings is 1. The highest BCUT2D eigenvalue weighted by molar-refractivity contribution is 5.94. The second kappa shape index (κ2) is 10.1. The second-order valence-electron chi connectivity index (χ2n) is 7.03. The molecule has 0 radical (unpaired) electrons. The molecule has 28 heavy (non-hydrogen) atoms. The van der Waals surface area contributed by atoms with Crippen LogP contribution in [0.5, 0.6) is 5.75 Å². The first kappa shape index (κ1) is 20.1. The van der Waals surface area contributed by atoms with Gasteiger partial charge in [0, 0.05) is 38.9 Å². The lowest BCUT2D eigenvalue weighted by atomic mass is 10.1. The lowest BCUT2D eigenvalue weighted by molar-refractivity contribution is 0.0953. The highest BCUT2D eigenvalue weighted by atomic mass is 16.5. The van der Waals surface area contributed by atoms with Gasteiger partial charge < -0.3 is 19.9 Å². The summed E-state index contributed by atoms with van der Waals surface area (Å²) in [5.41, 5.74) is 1.85. The molecule has 150 valence electrons. The van der Waals surface area contributed by atoms with Crippen molar-refractivity contribution >= 4 is 11.7 Å². The average Bonchev–Trinajstić information content (AvgIpc) is 2.77. The van der Waals surface area contributed by atoms with E-state index in [2.05, 4.69) is 39.2 Å². The van der Waals surface area contributed by atoms with E-state index in [4.69, 9.17) is 4.74 Å². The highest BCUT2D eigenvalue weighted by Crippen LogP contribution is 2.14. The number of anilines is 1. The van der Waals surface area contributed by atoms with E-state index in [1.54, 1.807) is 13.3 Å². The SMILES string of the molecule is CCN1CCN(c2ccc(C(=O)NCCCc3ccc(OC)cc3)cn2)CC1. The number of aromatic nitrogens is 1. The molecule has 0 unspecified atom stereocenters. The summed E-state index contributed by atoms with van der Waals surface area (Å²) in [4.78, 5) is 21.5. The second-order valence-corrected chi connectivity index (χ2v) is 7.03. The van der Waals surface area contributed by atoms with Gasteiger partial charge in [0.05, 0.1) is 12.7 Å². The maximum Gasteiger partial charge on any atom is 0.252 e. The van der Waals surface area contributed by atoms with Crippen molar-refractivity contribution in [2.24, 2.45) is 0 Å².